The number of rotatable bonds is 7. The number of amides is 1. The van der Waals surface area contributed by atoms with E-state index in [0.717, 1.165) is 7.05 Å². The molecule has 1 heterocycles. The van der Waals surface area contributed by atoms with Crippen molar-refractivity contribution in [3.05, 3.63) is 69.3 Å². The van der Waals surface area contributed by atoms with Gasteiger partial charge in [0.1, 0.15) is 11.3 Å². The Balaban J connectivity index is 2.13. The summed E-state index contributed by atoms with van der Waals surface area (Å²) in [7, 11) is 3.68. The minimum absolute atomic E-state index is 0.0983. The lowest BCUT2D eigenvalue weighted by Gasteiger charge is -2.19. The molecule has 3 aromatic rings. The zero-order valence-electron chi connectivity index (χ0n) is 20.0. The van der Waals surface area contributed by atoms with Gasteiger partial charge in [0.05, 0.1) is 5.69 Å². The van der Waals surface area contributed by atoms with Crippen LogP contribution in [0.4, 0.5) is 14.9 Å². The Morgan fingerprint density at radius 2 is 1.77 bits per heavy atom. The molecule has 0 fully saturated rings. The molecule has 0 radical (unpaired) electrons. The number of halogens is 1. The molecular weight excluding hydrogens is 479 g/mol. The number of anilines is 1. The van der Waals surface area contributed by atoms with Crippen molar-refractivity contribution in [3.8, 4) is 5.75 Å². The predicted octanol–water partition coefficient (Wildman–Crippen LogP) is 2.28. The van der Waals surface area contributed by atoms with Crippen molar-refractivity contribution in [1.82, 2.24) is 9.80 Å². The molecule has 188 valence electrons. The van der Waals surface area contributed by atoms with Crippen molar-refractivity contribution in [2.45, 2.75) is 13.0 Å². The summed E-state index contributed by atoms with van der Waals surface area (Å²) in [5.41, 5.74) is 0.214. The second-order valence-electron chi connectivity index (χ2n) is 8.44. The number of hydrogen-bond acceptors (Lipinski definition) is 7. The maximum absolute atomic E-state index is 15.3. The molecule has 3 rings (SSSR count). The average Bonchev–Trinajstić information content (AvgIpc) is 2.75. The lowest BCUT2D eigenvalue weighted by Crippen LogP contribution is -2.33. The molecule has 2 aromatic carbocycles. The van der Waals surface area contributed by atoms with Crippen molar-refractivity contribution in [2.24, 2.45) is 5.14 Å². The van der Waals surface area contributed by atoms with Gasteiger partial charge >= 0.3 is 11.7 Å². The van der Waals surface area contributed by atoms with Gasteiger partial charge < -0.3 is 19.0 Å². The Bertz CT molecular complexity index is 1440. The predicted molar refractivity (Wildman–Crippen MR) is 130 cm³/mol. The molecule has 0 saturated carbocycles. The Morgan fingerprint density at radius 3 is 2.37 bits per heavy atom. The standard InChI is InChI=1S/C23H27FN4O6S/c1-26(2)13-18-16-10-9-15(33-23(30)27(3)4)12-20(16)34-22(29)17(18)11-14-7-6-8-19(21(14)24)28(5)35(25,31)32/h6-10,12H,11,13H2,1-5H3,(H2,25,31,32). The van der Waals surface area contributed by atoms with Gasteiger partial charge in [0.15, 0.2) is 5.82 Å². The molecule has 2 N–H and O–H groups in total. The summed E-state index contributed by atoms with van der Waals surface area (Å²) in [6.45, 7) is 0.340. The van der Waals surface area contributed by atoms with E-state index >= 15 is 4.39 Å². The third kappa shape index (κ3) is 5.78. The molecule has 0 aliphatic rings. The largest absolute Gasteiger partial charge is 0.422 e. The fourth-order valence-electron chi connectivity index (χ4n) is 3.49. The van der Waals surface area contributed by atoms with E-state index in [1.165, 1.54) is 29.2 Å². The molecule has 0 aliphatic heterocycles. The van der Waals surface area contributed by atoms with E-state index in [-0.39, 0.29) is 34.6 Å². The van der Waals surface area contributed by atoms with Crippen LogP contribution in [0.2, 0.25) is 0 Å². The fraction of sp³-hybridized carbons (Fsp3) is 0.304. The highest BCUT2D eigenvalue weighted by Crippen LogP contribution is 2.29. The summed E-state index contributed by atoms with van der Waals surface area (Å²) in [6, 6.07) is 8.92. The topological polar surface area (TPSA) is 126 Å². The number of carbonyl (C=O) groups is 1. The monoisotopic (exact) mass is 506 g/mol. The first-order chi connectivity index (χ1) is 16.3. The van der Waals surface area contributed by atoms with Crippen LogP contribution >= 0.6 is 0 Å². The fourth-order valence-corrected chi connectivity index (χ4v) is 3.90. The van der Waals surface area contributed by atoms with Gasteiger partial charge in [-0.3, -0.25) is 4.31 Å². The van der Waals surface area contributed by atoms with Gasteiger partial charge in [-0.1, -0.05) is 12.1 Å². The Labute approximate surface area is 202 Å². The van der Waals surface area contributed by atoms with Crippen molar-refractivity contribution < 1.29 is 26.8 Å². The Morgan fingerprint density at radius 1 is 1.09 bits per heavy atom. The SMILES string of the molecule is CN(C)Cc1c(Cc2cccc(N(C)S(N)(=O)=O)c2F)c(=O)oc2cc(OC(=O)N(C)C)ccc12. The van der Waals surface area contributed by atoms with Crippen molar-refractivity contribution in [1.29, 1.82) is 0 Å². The quantitative estimate of drug-likeness (QED) is 0.487. The van der Waals surface area contributed by atoms with Gasteiger partial charge in [0.25, 0.3) is 10.2 Å². The molecule has 35 heavy (non-hydrogen) atoms. The van der Waals surface area contributed by atoms with Gasteiger partial charge in [-0.25, -0.2) is 19.1 Å². The number of ether oxygens (including phenoxy) is 1. The highest BCUT2D eigenvalue weighted by molar-refractivity contribution is 7.90. The van der Waals surface area contributed by atoms with Crippen LogP contribution in [0.15, 0.2) is 45.6 Å². The van der Waals surface area contributed by atoms with Gasteiger partial charge in [-0.2, -0.15) is 8.42 Å². The lowest BCUT2D eigenvalue weighted by atomic mass is 9.97. The van der Waals surface area contributed by atoms with Crippen LogP contribution in [-0.4, -0.2) is 59.5 Å². The second kappa shape index (κ2) is 10.0. The molecule has 12 heteroatoms. The van der Waals surface area contributed by atoms with Crippen LogP contribution in [0, 0.1) is 5.82 Å². The minimum atomic E-state index is -4.18. The Hall–Kier alpha value is -3.48. The number of fused-ring (bicyclic) bond motifs is 1. The van der Waals surface area contributed by atoms with Crippen molar-refractivity contribution in [3.63, 3.8) is 0 Å². The molecule has 0 unspecified atom stereocenters. The van der Waals surface area contributed by atoms with E-state index < -0.39 is 27.7 Å². The third-order valence-corrected chi connectivity index (χ3v) is 6.24. The summed E-state index contributed by atoms with van der Waals surface area (Å²) >= 11 is 0. The summed E-state index contributed by atoms with van der Waals surface area (Å²) in [5.74, 6) is -0.613. The summed E-state index contributed by atoms with van der Waals surface area (Å²) in [4.78, 5) is 28.0. The van der Waals surface area contributed by atoms with Crippen LogP contribution in [0.25, 0.3) is 11.0 Å². The first-order valence-corrected chi connectivity index (χ1v) is 12.0. The molecular formula is C23H27FN4O6S. The highest BCUT2D eigenvalue weighted by Gasteiger charge is 2.22. The van der Waals surface area contributed by atoms with Gasteiger partial charge in [-0.05, 0) is 43.4 Å². The first-order valence-electron chi connectivity index (χ1n) is 10.5. The molecule has 0 saturated heterocycles. The van der Waals surface area contributed by atoms with Gasteiger partial charge in [-0.15, -0.1) is 0 Å². The minimum Gasteiger partial charge on any atom is -0.422 e. The van der Waals surface area contributed by atoms with Crippen LogP contribution < -0.4 is 19.8 Å². The number of nitrogens with zero attached hydrogens (tertiary/aromatic N) is 3. The van der Waals surface area contributed by atoms with Crippen LogP contribution in [0.1, 0.15) is 16.7 Å². The summed E-state index contributed by atoms with van der Waals surface area (Å²) in [6.07, 6.45) is -0.728. The van der Waals surface area contributed by atoms with E-state index in [0.29, 0.717) is 21.8 Å². The number of nitrogens with two attached hydrogens (primary N) is 1. The first kappa shape index (κ1) is 26.1. The molecule has 1 amide bonds. The maximum atomic E-state index is 15.3. The molecule has 1 aromatic heterocycles. The maximum Gasteiger partial charge on any atom is 0.414 e. The molecule has 10 nitrogen and oxygen atoms in total. The van der Waals surface area contributed by atoms with Gasteiger partial charge in [0, 0.05) is 51.1 Å². The number of hydrogen-bond donors (Lipinski definition) is 1. The van der Waals surface area contributed by atoms with E-state index in [2.05, 4.69) is 0 Å². The normalized spacial score (nSPS) is 11.7. The zero-order valence-corrected chi connectivity index (χ0v) is 20.8. The van der Waals surface area contributed by atoms with Crippen LogP contribution in [0.5, 0.6) is 5.75 Å². The smallest absolute Gasteiger partial charge is 0.414 e. The molecule has 0 atom stereocenters. The third-order valence-electron chi connectivity index (χ3n) is 5.28. The second-order valence-corrected chi connectivity index (χ2v) is 10.0. The molecule has 0 bridgehead atoms. The molecule has 0 spiro atoms. The number of carbonyl (C=O) groups excluding carboxylic acids is 1. The van der Waals surface area contributed by atoms with Crippen molar-refractivity contribution >= 4 is 33.0 Å². The lowest BCUT2D eigenvalue weighted by molar-refractivity contribution is 0.172. The van der Waals surface area contributed by atoms with Crippen LogP contribution in [-0.2, 0) is 23.2 Å². The Kier molecular flexibility index (Phi) is 7.48. The number of benzene rings is 2. The summed E-state index contributed by atoms with van der Waals surface area (Å²) in [5, 5.41) is 5.73. The highest BCUT2D eigenvalue weighted by atomic mass is 32.2. The van der Waals surface area contributed by atoms with Crippen LogP contribution in [0.3, 0.4) is 0 Å². The van der Waals surface area contributed by atoms with Crippen molar-refractivity contribution in [2.75, 3.05) is 39.5 Å². The van der Waals surface area contributed by atoms with E-state index in [1.54, 1.807) is 26.2 Å². The molecule has 0 aliphatic carbocycles. The van der Waals surface area contributed by atoms with Gasteiger partial charge in [0.2, 0.25) is 0 Å². The summed E-state index contributed by atoms with van der Waals surface area (Å²) < 4.78 is 50.0. The average molecular weight is 507 g/mol. The van der Waals surface area contributed by atoms with E-state index in [9.17, 15) is 18.0 Å². The zero-order chi connectivity index (χ0) is 26.1. The van der Waals surface area contributed by atoms with E-state index in [1.807, 2.05) is 19.0 Å². The van der Waals surface area contributed by atoms with E-state index in [4.69, 9.17) is 14.3 Å².